The Kier molecular flexibility index (Phi) is 3.07. The molecule has 1 aromatic heterocycles. The molecule has 1 heterocycles. The third-order valence-corrected chi connectivity index (χ3v) is 2.56. The maximum Gasteiger partial charge on any atom is 0.397 e. The molecule has 0 amide bonds. The van der Waals surface area contributed by atoms with Gasteiger partial charge in [0.1, 0.15) is 18.1 Å². The highest BCUT2D eigenvalue weighted by molar-refractivity contribution is 7.80. The van der Waals surface area contributed by atoms with Gasteiger partial charge in [-0.05, 0) is 23.6 Å². The fourth-order valence-corrected chi connectivity index (χ4v) is 1.69. The molecule has 18 heavy (non-hydrogen) atoms. The molecule has 0 saturated carbocycles. The lowest BCUT2D eigenvalue weighted by Gasteiger charge is -2.02. The molecule has 0 aliphatic carbocycles. The van der Waals surface area contributed by atoms with Gasteiger partial charge in [0.25, 0.3) is 0 Å². The van der Waals surface area contributed by atoms with E-state index in [1.54, 1.807) is 0 Å². The van der Waals surface area contributed by atoms with Crippen LogP contribution in [0.1, 0.15) is 5.76 Å². The van der Waals surface area contributed by atoms with E-state index in [0.29, 0.717) is 5.39 Å². The minimum Gasteiger partial charge on any atom is -0.508 e. The number of aromatic hydroxyl groups is 1. The summed E-state index contributed by atoms with van der Waals surface area (Å²) >= 11 is 0. The average Bonchev–Trinajstić information content (AvgIpc) is 2.26. The zero-order valence-corrected chi connectivity index (χ0v) is 9.68. The van der Waals surface area contributed by atoms with Gasteiger partial charge in [-0.15, -0.1) is 0 Å². The normalized spacial score (nSPS) is 11.8. The Hall–Kier alpha value is -1.90. The minimum atomic E-state index is -4.60. The van der Waals surface area contributed by atoms with Crippen molar-refractivity contribution in [3.63, 3.8) is 0 Å². The molecule has 0 aliphatic rings. The van der Waals surface area contributed by atoms with E-state index < -0.39 is 22.6 Å². The van der Waals surface area contributed by atoms with Crippen molar-refractivity contribution in [2.75, 3.05) is 0 Å². The van der Waals surface area contributed by atoms with Crippen molar-refractivity contribution in [1.29, 1.82) is 0 Å². The SMILES string of the molecule is O=c1oc(COS(=O)(=O)O)cc2ccc(O)cc12. The number of hydrogen-bond acceptors (Lipinski definition) is 6. The molecule has 1 aromatic carbocycles. The van der Waals surface area contributed by atoms with Crippen LogP contribution in [0.5, 0.6) is 5.75 Å². The van der Waals surface area contributed by atoms with E-state index in [4.69, 9.17) is 8.97 Å². The van der Waals surface area contributed by atoms with E-state index >= 15 is 0 Å². The highest BCUT2D eigenvalue weighted by atomic mass is 32.3. The van der Waals surface area contributed by atoms with Gasteiger partial charge in [0, 0.05) is 0 Å². The number of rotatable bonds is 3. The van der Waals surface area contributed by atoms with Crippen LogP contribution in [0.3, 0.4) is 0 Å². The van der Waals surface area contributed by atoms with Crippen molar-refractivity contribution in [3.05, 3.63) is 40.4 Å². The summed E-state index contributed by atoms with van der Waals surface area (Å²) in [5.41, 5.74) is -0.739. The number of phenolic OH excluding ortho intramolecular Hbond substituents is 1. The Bertz CT molecular complexity index is 744. The number of phenols is 1. The molecule has 2 aromatic rings. The summed E-state index contributed by atoms with van der Waals surface area (Å²) in [7, 11) is -4.60. The van der Waals surface area contributed by atoms with E-state index in [1.807, 2.05) is 0 Å². The van der Waals surface area contributed by atoms with Gasteiger partial charge in [0.15, 0.2) is 0 Å². The number of hydrogen-bond donors (Lipinski definition) is 2. The van der Waals surface area contributed by atoms with Crippen molar-refractivity contribution in [2.24, 2.45) is 0 Å². The fourth-order valence-electron chi connectivity index (χ4n) is 1.43. The third-order valence-electron chi connectivity index (χ3n) is 2.15. The molecule has 0 fully saturated rings. The molecule has 0 atom stereocenters. The zero-order valence-electron chi connectivity index (χ0n) is 8.86. The first kappa shape index (κ1) is 12.6. The first-order valence-corrected chi connectivity index (χ1v) is 6.09. The molecule has 0 aliphatic heterocycles. The third kappa shape index (κ3) is 2.86. The highest BCUT2D eigenvalue weighted by Crippen LogP contribution is 2.18. The molecule has 8 heteroatoms. The van der Waals surface area contributed by atoms with Crippen molar-refractivity contribution in [1.82, 2.24) is 0 Å². The van der Waals surface area contributed by atoms with Crippen LogP contribution in [0.25, 0.3) is 10.8 Å². The Morgan fingerprint density at radius 2 is 2.00 bits per heavy atom. The van der Waals surface area contributed by atoms with E-state index in [1.165, 1.54) is 24.3 Å². The first-order valence-electron chi connectivity index (χ1n) is 4.73. The second-order valence-electron chi connectivity index (χ2n) is 3.46. The Morgan fingerprint density at radius 1 is 1.28 bits per heavy atom. The minimum absolute atomic E-state index is 0.0594. The van der Waals surface area contributed by atoms with E-state index in [2.05, 4.69) is 4.18 Å². The van der Waals surface area contributed by atoms with Crippen LogP contribution in [0, 0.1) is 0 Å². The molecule has 2 N–H and O–H groups in total. The summed E-state index contributed by atoms with van der Waals surface area (Å²) in [6.07, 6.45) is 0. The summed E-state index contributed by atoms with van der Waals surface area (Å²) in [4.78, 5) is 11.5. The molecule has 0 radical (unpaired) electrons. The first-order chi connectivity index (χ1) is 8.35. The molecular formula is C10H8O7S. The molecule has 96 valence electrons. The zero-order chi connectivity index (χ0) is 13.3. The van der Waals surface area contributed by atoms with Crippen LogP contribution in [-0.2, 0) is 21.2 Å². The van der Waals surface area contributed by atoms with Gasteiger partial charge < -0.3 is 9.52 Å². The van der Waals surface area contributed by atoms with Crippen molar-refractivity contribution < 1.29 is 26.7 Å². The molecule has 0 saturated heterocycles. The second kappa shape index (κ2) is 4.41. The van der Waals surface area contributed by atoms with Crippen LogP contribution in [0.2, 0.25) is 0 Å². The standard InChI is InChI=1S/C10H8O7S/c11-7-2-1-6-3-8(5-16-18(13,14)15)17-10(12)9(6)4-7/h1-4,11H,5H2,(H,13,14,15). The van der Waals surface area contributed by atoms with Gasteiger partial charge in [-0.2, -0.15) is 8.42 Å². The average molecular weight is 272 g/mol. The van der Waals surface area contributed by atoms with Gasteiger partial charge in [-0.25, -0.2) is 8.98 Å². The monoisotopic (exact) mass is 272 g/mol. The van der Waals surface area contributed by atoms with Crippen molar-refractivity contribution in [3.8, 4) is 5.75 Å². The van der Waals surface area contributed by atoms with Crippen LogP contribution < -0.4 is 5.63 Å². The van der Waals surface area contributed by atoms with Crippen molar-refractivity contribution >= 4 is 21.2 Å². The van der Waals surface area contributed by atoms with Gasteiger partial charge >= 0.3 is 16.0 Å². The highest BCUT2D eigenvalue weighted by Gasteiger charge is 2.09. The Labute approximate surface area is 101 Å². The Morgan fingerprint density at radius 3 is 2.67 bits per heavy atom. The lowest BCUT2D eigenvalue weighted by Crippen LogP contribution is -2.07. The lowest BCUT2D eigenvalue weighted by atomic mass is 10.1. The molecular weight excluding hydrogens is 264 g/mol. The number of fused-ring (bicyclic) bond motifs is 1. The van der Waals surface area contributed by atoms with Gasteiger partial charge in [-0.1, -0.05) is 6.07 Å². The van der Waals surface area contributed by atoms with Crippen molar-refractivity contribution in [2.45, 2.75) is 6.61 Å². The van der Waals surface area contributed by atoms with Gasteiger partial charge in [-0.3, -0.25) is 4.55 Å². The van der Waals surface area contributed by atoms with E-state index in [0.717, 1.165) is 0 Å². The molecule has 0 spiro atoms. The lowest BCUT2D eigenvalue weighted by molar-refractivity contribution is 0.232. The van der Waals surface area contributed by atoms with Crippen LogP contribution in [0.4, 0.5) is 0 Å². The predicted octanol–water partition coefficient (Wildman–Crippen LogP) is 0.818. The van der Waals surface area contributed by atoms with Gasteiger partial charge in [0.2, 0.25) is 0 Å². The summed E-state index contributed by atoms with van der Waals surface area (Å²) in [6, 6.07) is 5.45. The Balaban J connectivity index is 2.44. The molecule has 0 unspecified atom stereocenters. The van der Waals surface area contributed by atoms with E-state index in [-0.39, 0.29) is 16.9 Å². The number of benzene rings is 1. The second-order valence-corrected chi connectivity index (χ2v) is 4.55. The maximum absolute atomic E-state index is 11.5. The maximum atomic E-state index is 11.5. The predicted molar refractivity (Wildman–Crippen MR) is 60.5 cm³/mol. The smallest absolute Gasteiger partial charge is 0.397 e. The molecule has 7 nitrogen and oxygen atoms in total. The van der Waals surface area contributed by atoms with Crippen LogP contribution in [0.15, 0.2) is 33.5 Å². The summed E-state index contributed by atoms with van der Waals surface area (Å²) in [5, 5.41) is 9.83. The fraction of sp³-hybridized carbons (Fsp3) is 0.100. The summed E-state index contributed by atoms with van der Waals surface area (Å²) in [6.45, 7) is -0.592. The summed E-state index contributed by atoms with van der Waals surface area (Å²) < 4.78 is 38.0. The van der Waals surface area contributed by atoms with E-state index in [9.17, 15) is 18.3 Å². The topological polar surface area (TPSA) is 114 Å². The molecule has 0 bridgehead atoms. The summed E-state index contributed by atoms with van der Waals surface area (Å²) in [5.74, 6) is -0.146. The van der Waals surface area contributed by atoms with Gasteiger partial charge in [0.05, 0.1) is 5.39 Å². The largest absolute Gasteiger partial charge is 0.508 e. The van der Waals surface area contributed by atoms with Crippen LogP contribution in [-0.4, -0.2) is 18.1 Å². The van der Waals surface area contributed by atoms with Crippen LogP contribution >= 0.6 is 0 Å². The quantitative estimate of drug-likeness (QED) is 0.795. The molecule has 2 rings (SSSR count).